The standard InChI is InChI=1S/C12H25O2P.Al.3H/c1-3-4-10-15(13,14)11(2)12-8-6-5-7-9-12;;;;/h11-12H,3-10H2,1-2H3,(H,13,14);;;;. The van der Waals surface area contributed by atoms with E-state index >= 15 is 0 Å². The van der Waals surface area contributed by atoms with Crippen LogP contribution in [0.1, 0.15) is 58.8 Å². The van der Waals surface area contributed by atoms with Gasteiger partial charge in [0.25, 0.3) is 0 Å². The summed E-state index contributed by atoms with van der Waals surface area (Å²) in [5.74, 6) is 0.506. The third-order valence-electron chi connectivity index (χ3n) is 3.80. The van der Waals surface area contributed by atoms with E-state index in [0.717, 1.165) is 25.7 Å². The zero-order chi connectivity index (χ0) is 11.3. The van der Waals surface area contributed by atoms with Gasteiger partial charge in [-0.3, -0.25) is 4.57 Å². The molecule has 0 saturated heterocycles. The molecule has 0 amide bonds. The van der Waals surface area contributed by atoms with Gasteiger partial charge in [-0.2, -0.15) is 0 Å². The van der Waals surface area contributed by atoms with Crippen molar-refractivity contribution in [2.45, 2.75) is 64.5 Å². The minimum atomic E-state index is -2.87. The van der Waals surface area contributed by atoms with Crippen LogP contribution in [-0.4, -0.2) is 34.1 Å². The largest absolute Gasteiger partial charge is 0.344 e. The quantitative estimate of drug-likeness (QED) is 0.611. The average molecular weight is 262 g/mol. The monoisotopic (exact) mass is 262 g/mol. The Balaban J connectivity index is 0.00000225. The maximum absolute atomic E-state index is 12.1. The van der Waals surface area contributed by atoms with Gasteiger partial charge < -0.3 is 4.89 Å². The zero-order valence-electron chi connectivity index (χ0n) is 10.1. The lowest BCUT2D eigenvalue weighted by atomic mass is 9.87. The van der Waals surface area contributed by atoms with E-state index in [9.17, 15) is 9.46 Å². The van der Waals surface area contributed by atoms with Gasteiger partial charge in [-0.15, -0.1) is 0 Å². The van der Waals surface area contributed by atoms with Gasteiger partial charge in [0.2, 0.25) is 7.37 Å². The summed E-state index contributed by atoms with van der Waals surface area (Å²) < 4.78 is 12.1. The van der Waals surface area contributed by atoms with E-state index in [0.29, 0.717) is 12.1 Å². The highest BCUT2D eigenvalue weighted by molar-refractivity contribution is 7.58. The highest BCUT2D eigenvalue weighted by atomic mass is 31.2. The van der Waals surface area contributed by atoms with Gasteiger partial charge in [-0.1, -0.05) is 39.5 Å². The van der Waals surface area contributed by atoms with Crippen molar-refractivity contribution in [3.05, 3.63) is 0 Å². The van der Waals surface area contributed by atoms with Crippen molar-refractivity contribution in [3.8, 4) is 0 Å². The Labute approximate surface area is 111 Å². The van der Waals surface area contributed by atoms with Crippen LogP contribution in [0.15, 0.2) is 0 Å². The number of rotatable bonds is 5. The SMILES string of the molecule is CCCCP(=O)(O)C(C)C1CCCCC1.[AlH3]. The van der Waals surface area contributed by atoms with Gasteiger partial charge in [0.1, 0.15) is 0 Å². The first-order valence-corrected chi connectivity index (χ1v) is 8.31. The second-order valence-electron chi connectivity index (χ2n) is 4.97. The van der Waals surface area contributed by atoms with Crippen LogP contribution in [0, 0.1) is 5.92 Å². The zero-order valence-corrected chi connectivity index (χ0v) is 11.0. The van der Waals surface area contributed by atoms with E-state index in [1.54, 1.807) is 0 Å². The molecular weight excluding hydrogens is 234 g/mol. The maximum atomic E-state index is 12.1. The topological polar surface area (TPSA) is 37.3 Å². The summed E-state index contributed by atoms with van der Waals surface area (Å²) in [4.78, 5) is 10.0. The molecule has 0 aromatic rings. The molecule has 0 spiro atoms. The van der Waals surface area contributed by atoms with Crippen molar-refractivity contribution in [1.82, 2.24) is 0 Å². The molecule has 0 heterocycles. The second kappa shape index (κ2) is 7.94. The predicted octanol–water partition coefficient (Wildman–Crippen LogP) is 2.84. The van der Waals surface area contributed by atoms with Crippen LogP contribution in [0.25, 0.3) is 0 Å². The summed E-state index contributed by atoms with van der Waals surface area (Å²) in [6.07, 6.45) is 8.59. The second-order valence-corrected chi connectivity index (χ2v) is 7.74. The molecule has 0 radical (unpaired) electrons. The van der Waals surface area contributed by atoms with Gasteiger partial charge >= 0.3 is 0 Å². The van der Waals surface area contributed by atoms with Crippen molar-refractivity contribution < 1.29 is 9.46 Å². The average Bonchev–Trinajstić information content (AvgIpc) is 2.26. The fourth-order valence-corrected chi connectivity index (χ4v) is 4.67. The molecule has 1 rings (SSSR count). The maximum Gasteiger partial charge on any atom is 0.203 e. The van der Waals surface area contributed by atoms with Gasteiger partial charge in [0.15, 0.2) is 17.4 Å². The van der Waals surface area contributed by atoms with E-state index in [1.165, 1.54) is 19.3 Å². The minimum Gasteiger partial charge on any atom is -0.344 e. The molecule has 0 aromatic heterocycles. The molecule has 96 valence electrons. The predicted molar refractivity (Wildman–Crippen MR) is 75.6 cm³/mol. The summed E-state index contributed by atoms with van der Waals surface area (Å²) in [6, 6.07) is 0. The lowest BCUT2D eigenvalue weighted by molar-refractivity contribution is 0.333. The lowest BCUT2D eigenvalue weighted by Crippen LogP contribution is -2.21. The molecule has 1 N–H and O–H groups in total. The lowest BCUT2D eigenvalue weighted by Gasteiger charge is -2.30. The third-order valence-corrected chi connectivity index (χ3v) is 6.45. The van der Waals surface area contributed by atoms with E-state index in [-0.39, 0.29) is 23.0 Å². The molecule has 0 bridgehead atoms. The van der Waals surface area contributed by atoms with Crippen molar-refractivity contribution in [2.75, 3.05) is 6.16 Å². The fraction of sp³-hybridized carbons (Fsp3) is 1.00. The molecule has 2 nitrogen and oxygen atoms in total. The Bertz CT molecular complexity index is 227. The van der Waals surface area contributed by atoms with Gasteiger partial charge in [-0.05, 0) is 25.2 Å². The Morgan fingerprint density at radius 3 is 2.38 bits per heavy atom. The third kappa shape index (κ3) is 4.93. The van der Waals surface area contributed by atoms with E-state index in [1.807, 2.05) is 6.92 Å². The summed E-state index contributed by atoms with van der Waals surface area (Å²) >= 11 is 0. The smallest absolute Gasteiger partial charge is 0.203 e. The highest BCUT2D eigenvalue weighted by Crippen LogP contribution is 2.52. The molecule has 0 aliphatic heterocycles. The van der Waals surface area contributed by atoms with Crippen LogP contribution in [0.5, 0.6) is 0 Å². The molecule has 16 heavy (non-hydrogen) atoms. The van der Waals surface area contributed by atoms with Crippen LogP contribution in [0.2, 0.25) is 0 Å². The van der Waals surface area contributed by atoms with Crippen LogP contribution >= 0.6 is 7.37 Å². The fourth-order valence-electron chi connectivity index (χ4n) is 2.53. The van der Waals surface area contributed by atoms with Crippen molar-refractivity contribution >= 4 is 24.7 Å². The first-order valence-electron chi connectivity index (χ1n) is 6.39. The van der Waals surface area contributed by atoms with Gasteiger partial charge in [0.05, 0.1) is 0 Å². The molecular formula is C12H28AlO2P. The number of hydrogen-bond acceptors (Lipinski definition) is 1. The van der Waals surface area contributed by atoms with Gasteiger partial charge in [-0.25, -0.2) is 0 Å². The van der Waals surface area contributed by atoms with Crippen LogP contribution in [0.3, 0.4) is 0 Å². The summed E-state index contributed by atoms with van der Waals surface area (Å²) in [6.45, 7) is 4.07. The summed E-state index contributed by atoms with van der Waals surface area (Å²) in [5.41, 5.74) is 0.0318. The van der Waals surface area contributed by atoms with Crippen LogP contribution < -0.4 is 0 Å². The molecule has 1 fully saturated rings. The van der Waals surface area contributed by atoms with Crippen LogP contribution in [-0.2, 0) is 4.57 Å². The molecule has 1 aliphatic carbocycles. The van der Waals surface area contributed by atoms with Crippen molar-refractivity contribution in [3.63, 3.8) is 0 Å². The summed E-state index contributed by atoms with van der Waals surface area (Å²) in [5, 5.41) is 0. The summed E-state index contributed by atoms with van der Waals surface area (Å²) in [7, 11) is -2.87. The molecule has 4 heteroatoms. The van der Waals surface area contributed by atoms with Crippen molar-refractivity contribution in [2.24, 2.45) is 5.92 Å². The molecule has 1 aliphatic rings. The van der Waals surface area contributed by atoms with E-state index in [4.69, 9.17) is 0 Å². The van der Waals surface area contributed by atoms with Crippen LogP contribution in [0.4, 0.5) is 0 Å². The highest BCUT2D eigenvalue weighted by Gasteiger charge is 2.33. The van der Waals surface area contributed by atoms with Crippen molar-refractivity contribution in [1.29, 1.82) is 0 Å². The minimum absolute atomic E-state index is 0. The first-order chi connectivity index (χ1) is 7.08. The molecule has 0 aromatic carbocycles. The Morgan fingerprint density at radius 2 is 1.88 bits per heavy atom. The van der Waals surface area contributed by atoms with E-state index < -0.39 is 7.37 Å². The molecule has 1 saturated carbocycles. The van der Waals surface area contributed by atoms with E-state index in [2.05, 4.69) is 6.92 Å². The Hall–Kier alpha value is 0.722. The molecule has 2 unspecified atom stereocenters. The Morgan fingerprint density at radius 1 is 1.31 bits per heavy atom. The first kappa shape index (κ1) is 16.7. The number of hydrogen-bond donors (Lipinski definition) is 1. The number of unbranched alkanes of at least 4 members (excludes halogenated alkanes) is 1. The Kier molecular flexibility index (Phi) is 8.29. The van der Waals surface area contributed by atoms with Gasteiger partial charge in [0, 0.05) is 11.8 Å². The normalized spacial score (nSPS) is 23.2. The molecule has 2 atom stereocenters.